The molecule has 2 N–H and O–H groups in total. The molecule has 0 aliphatic heterocycles. The Morgan fingerprint density at radius 2 is 1.80 bits per heavy atom. The fourth-order valence-corrected chi connectivity index (χ4v) is 2.79. The first kappa shape index (κ1) is 14.9. The van der Waals surface area contributed by atoms with Gasteiger partial charge in [0.2, 0.25) is 11.8 Å². The summed E-state index contributed by atoms with van der Waals surface area (Å²) >= 11 is 5.81. The highest BCUT2D eigenvalue weighted by molar-refractivity contribution is 6.30. The molecule has 1 aromatic carbocycles. The molecule has 1 saturated carbocycles. The lowest BCUT2D eigenvalue weighted by molar-refractivity contribution is -0.126. The van der Waals surface area contributed by atoms with E-state index in [0.717, 1.165) is 25.7 Å². The summed E-state index contributed by atoms with van der Waals surface area (Å²) in [5.41, 5.74) is 0.688. The van der Waals surface area contributed by atoms with Gasteiger partial charge in [-0.1, -0.05) is 24.4 Å². The van der Waals surface area contributed by atoms with E-state index in [-0.39, 0.29) is 17.7 Å². The van der Waals surface area contributed by atoms with Gasteiger partial charge in [-0.2, -0.15) is 0 Å². The Morgan fingerprint density at radius 3 is 2.35 bits per heavy atom. The molecule has 2 rings (SSSR count). The maximum absolute atomic E-state index is 12.4. The molecular weight excluding hydrogens is 276 g/mol. The summed E-state index contributed by atoms with van der Waals surface area (Å²) in [6.45, 7) is 1.44. The highest BCUT2D eigenvalue weighted by Gasteiger charge is 2.31. The molecule has 108 valence electrons. The van der Waals surface area contributed by atoms with Gasteiger partial charge in [-0.3, -0.25) is 9.59 Å². The number of halogens is 1. The molecule has 1 aliphatic carbocycles. The fourth-order valence-electron chi connectivity index (χ4n) is 2.66. The summed E-state index contributed by atoms with van der Waals surface area (Å²) in [6, 6.07) is 6.49. The SMILES string of the molecule is CC(=O)NC(C(=O)Nc1ccc(Cl)cc1)C1CCCC1. The number of carbonyl (C=O) groups is 2. The zero-order valence-electron chi connectivity index (χ0n) is 11.5. The fraction of sp³-hybridized carbons (Fsp3) is 0.467. The molecule has 1 atom stereocenters. The van der Waals surface area contributed by atoms with Gasteiger partial charge >= 0.3 is 0 Å². The largest absolute Gasteiger partial charge is 0.344 e. The Kier molecular flexibility index (Phi) is 5.01. The number of hydrogen-bond acceptors (Lipinski definition) is 2. The maximum atomic E-state index is 12.4. The zero-order valence-corrected chi connectivity index (χ0v) is 12.2. The van der Waals surface area contributed by atoms with Gasteiger partial charge in [0.05, 0.1) is 0 Å². The molecule has 0 aromatic heterocycles. The van der Waals surface area contributed by atoms with Crippen molar-refractivity contribution in [2.75, 3.05) is 5.32 Å². The molecule has 0 saturated heterocycles. The minimum atomic E-state index is -0.453. The Morgan fingerprint density at radius 1 is 1.20 bits per heavy atom. The van der Waals surface area contributed by atoms with Gasteiger partial charge in [-0.05, 0) is 43.0 Å². The van der Waals surface area contributed by atoms with Crippen LogP contribution in [0.5, 0.6) is 0 Å². The Balaban J connectivity index is 2.05. The van der Waals surface area contributed by atoms with Crippen molar-refractivity contribution in [3.63, 3.8) is 0 Å². The summed E-state index contributed by atoms with van der Waals surface area (Å²) < 4.78 is 0. The van der Waals surface area contributed by atoms with Crippen molar-refractivity contribution in [3.8, 4) is 0 Å². The van der Waals surface area contributed by atoms with Crippen LogP contribution in [0.15, 0.2) is 24.3 Å². The van der Waals surface area contributed by atoms with Crippen LogP contribution in [-0.2, 0) is 9.59 Å². The number of anilines is 1. The molecule has 1 aliphatic rings. The minimum absolute atomic E-state index is 0.158. The van der Waals surface area contributed by atoms with E-state index in [0.29, 0.717) is 10.7 Å². The summed E-state index contributed by atoms with van der Waals surface area (Å²) in [5.74, 6) is -0.103. The first-order chi connectivity index (χ1) is 9.56. The number of benzene rings is 1. The van der Waals surface area contributed by atoms with E-state index >= 15 is 0 Å². The number of hydrogen-bond donors (Lipinski definition) is 2. The standard InChI is InChI=1S/C15H19ClN2O2/c1-10(19)17-14(11-4-2-3-5-11)15(20)18-13-8-6-12(16)7-9-13/h6-9,11,14H,2-5H2,1H3,(H,17,19)(H,18,20). The monoisotopic (exact) mass is 294 g/mol. The van der Waals surface area contributed by atoms with E-state index in [1.54, 1.807) is 24.3 Å². The van der Waals surface area contributed by atoms with E-state index < -0.39 is 6.04 Å². The van der Waals surface area contributed by atoms with Gasteiger partial charge in [0.25, 0.3) is 0 Å². The van der Waals surface area contributed by atoms with Gasteiger partial charge < -0.3 is 10.6 Å². The van der Waals surface area contributed by atoms with Crippen LogP contribution >= 0.6 is 11.6 Å². The van der Waals surface area contributed by atoms with Gasteiger partial charge in [-0.25, -0.2) is 0 Å². The highest BCUT2D eigenvalue weighted by atomic mass is 35.5. The zero-order chi connectivity index (χ0) is 14.5. The molecule has 1 aromatic rings. The second-order valence-corrected chi connectivity index (χ2v) is 5.66. The Labute approximate surface area is 123 Å². The van der Waals surface area contributed by atoms with Crippen molar-refractivity contribution in [2.45, 2.75) is 38.6 Å². The summed E-state index contributed by atoms with van der Waals surface area (Å²) in [6.07, 6.45) is 4.21. The van der Waals surface area contributed by atoms with Gasteiger partial charge in [-0.15, -0.1) is 0 Å². The first-order valence-electron chi connectivity index (χ1n) is 6.90. The average molecular weight is 295 g/mol. The molecule has 4 nitrogen and oxygen atoms in total. The lowest BCUT2D eigenvalue weighted by atomic mass is 9.97. The van der Waals surface area contributed by atoms with E-state index in [1.165, 1.54) is 6.92 Å². The van der Waals surface area contributed by atoms with E-state index in [9.17, 15) is 9.59 Å². The predicted octanol–water partition coefficient (Wildman–Crippen LogP) is 2.97. The highest BCUT2D eigenvalue weighted by Crippen LogP contribution is 2.28. The number of rotatable bonds is 4. The Bertz CT molecular complexity index is 481. The van der Waals surface area contributed by atoms with Crippen molar-refractivity contribution >= 4 is 29.1 Å². The number of carbonyl (C=O) groups excluding carboxylic acids is 2. The smallest absolute Gasteiger partial charge is 0.247 e. The lowest BCUT2D eigenvalue weighted by Crippen LogP contribution is -2.47. The van der Waals surface area contributed by atoms with Crippen molar-refractivity contribution in [1.82, 2.24) is 5.32 Å². The second kappa shape index (κ2) is 6.75. The molecule has 1 fully saturated rings. The molecule has 5 heteroatoms. The van der Waals surface area contributed by atoms with Crippen LogP contribution < -0.4 is 10.6 Å². The van der Waals surface area contributed by atoms with Crippen molar-refractivity contribution in [2.24, 2.45) is 5.92 Å². The van der Waals surface area contributed by atoms with Crippen LogP contribution in [0.1, 0.15) is 32.6 Å². The topological polar surface area (TPSA) is 58.2 Å². The summed E-state index contributed by atoms with van der Waals surface area (Å²) in [5, 5.41) is 6.24. The van der Waals surface area contributed by atoms with Crippen LogP contribution in [0, 0.1) is 5.92 Å². The molecule has 0 bridgehead atoms. The maximum Gasteiger partial charge on any atom is 0.247 e. The van der Waals surface area contributed by atoms with E-state index in [2.05, 4.69) is 10.6 Å². The lowest BCUT2D eigenvalue weighted by Gasteiger charge is -2.23. The molecule has 20 heavy (non-hydrogen) atoms. The third-order valence-electron chi connectivity index (χ3n) is 3.62. The quantitative estimate of drug-likeness (QED) is 0.897. The van der Waals surface area contributed by atoms with Crippen LogP contribution in [0.2, 0.25) is 5.02 Å². The van der Waals surface area contributed by atoms with Crippen molar-refractivity contribution in [1.29, 1.82) is 0 Å². The molecule has 2 amide bonds. The van der Waals surface area contributed by atoms with Gasteiger partial charge in [0, 0.05) is 17.6 Å². The van der Waals surface area contributed by atoms with E-state index in [1.807, 2.05) is 0 Å². The normalized spacial score (nSPS) is 16.7. The molecule has 0 spiro atoms. The number of amides is 2. The van der Waals surface area contributed by atoms with Crippen LogP contribution in [0.4, 0.5) is 5.69 Å². The molecular formula is C15H19ClN2O2. The molecule has 0 heterocycles. The summed E-state index contributed by atoms with van der Waals surface area (Å²) in [4.78, 5) is 23.7. The van der Waals surface area contributed by atoms with Crippen LogP contribution in [-0.4, -0.2) is 17.9 Å². The average Bonchev–Trinajstić information content (AvgIpc) is 2.92. The second-order valence-electron chi connectivity index (χ2n) is 5.22. The summed E-state index contributed by atoms with van der Waals surface area (Å²) in [7, 11) is 0. The third kappa shape index (κ3) is 3.97. The Hall–Kier alpha value is -1.55. The van der Waals surface area contributed by atoms with Crippen LogP contribution in [0.25, 0.3) is 0 Å². The first-order valence-corrected chi connectivity index (χ1v) is 7.27. The van der Waals surface area contributed by atoms with Gasteiger partial charge in [0.15, 0.2) is 0 Å². The molecule has 0 radical (unpaired) electrons. The minimum Gasteiger partial charge on any atom is -0.344 e. The van der Waals surface area contributed by atoms with Crippen LogP contribution in [0.3, 0.4) is 0 Å². The van der Waals surface area contributed by atoms with Gasteiger partial charge in [0.1, 0.15) is 6.04 Å². The van der Waals surface area contributed by atoms with Crippen molar-refractivity contribution in [3.05, 3.63) is 29.3 Å². The third-order valence-corrected chi connectivity index (χ3v) is 3.88. The van der Waals surface area contributed by atoms with E-state index in [4.69, 9.17) is 11.6 Å². The predicted molar refractivity (Wildman–Crippen MR) is 79.6 cm³/mol. The molecule has 1 unspecified atom stereocenters. The number of nitrogens with one attached hydrogen (secondary N) is 2. The van der Waals surface area contributed by atoms with Crippen molar-refractivity contribution < 1.29 is 9.59 Å².